The van der Waals surface area contributed by atoms with Gasteiger partial charge in [0, 0.05) is 11.6 Å². The van der Waals surface area contributed by atoms with Crippen LogP contribution in [0.2, 0.25) is 0 Å². The van der Waals surface area contributed by atoms with Gasteiger partial charge in [0.2, 0.25) is 0 Å². The summed E-state index contributed by atoms with van der Waals surface area (Å²) in [5.41, 5.74) is 3.42. The lowest BCUT2D eigenvalue weighted by molar-refractivity contribution is 0.309. The van der Waals surface area contributed by atoms with Gasteiger partial charge in [-0.2, -0.15) is 0 Å². The van der Waals surface area contributed by atoms with E-state index < -0.39 is 0 Å². The van der Waals surface area contributed by atoms with Crippen LogP contribution in [0.25, 0.3) is 0 Å². The number of nitrogens with two attached hydrogens (primary N) is 1. The molecule has 0 spiro atoms. The van der Waals surface area contributed by atoms with Gasteiger partial charge in [-0.25, -0.2) is 4.39 Å². The molecule has 1 unspecified atom stereocenters. The van der Waals surface area contributed by atoms with E-state index in [2.05, 4.69) is 26.2 Å². The Morgan fingerprint density at radius 1 is 1.33 bits per heavy atom. The van der Waals surface area contributed by atoms with Gasteiger partial charge in [0.05, 0.1) is 0 Å². The molecular formula is C12H19FN2. The maximum atomic E-state index is 13.5. The second kappa shape index (κ2) is 4.73. The van der Waals surface area contributed by atoms with E-state index in [0.29, 0.717) is 5.56 Å². The van der Waals surface area contributed by atoms with E-state index >= 15 is 0 Å². The van der Waals surface area contributed by atoms with Gasteiger partial charge >= 0.3 is 0 Å². The number of hydrogen-bond acceptors (Lipinski definition) is 2. The number of rotatable bonds is 3. The minimum atomic E-state index is -0.204. The molecule has 0 bridgehead atoms. The van der Waals surface area contributed by atoms with Gasteiger partial charge in [-0.3, -0.25) is 11.3 Å². The quantitative estimate of drug-likeness (QED) is 0.594. The van der Waals surface area contributed by atoms with Crippen molar-refractivity contribution >= 4 is 0 Å². The molecular weight excluding hydrogens is 191 g/mol. The summed E-state index contributed by atoms with van der Waals surface area (Å²) < 4.78 is 13.5. The van der Waals surface area contributed by atoms with Crippen LogP contribution in [0.1, 0.15) is 38.8 Å². The fraction of sp³-hybridized carbons (Fsp3) is 0.500. The smallest absolute Gasteiger partial charge is 0.128 e. The molecule has 3 heteroatoms. The van der Waals surface area contributed by atoms with Crippen LogP contribution >= 0.6 is 0 Å². The topological polar surface area (TPSA) is 38.0 Å². The minimum Gasteiger partial charge on any atom is -0.271 e. The maximum Gasteiger partial charge on any atom is 0.128 e. The predicted octanol–water partition coefficient (Wildman–Crippen LogP) is 2.77. The Balaban J connectivity index is 2.88. The van der Waals surface area contributed by atoms with E-state index in [1.165, 1.54) is 6.07 Å². The van der Waals surface area contributed by atoms with Crippen molar-refractivity contribution in [1.29, 1.82) is 0 Å². The Labute approximate surface area is 90.6 Å². The first-order chi connectivity index (χ1) is 6.94. The van der Waals surface area contributed by atoms with Gasteiger partial charge in [0.1, 0.15) is 5.82 Å². The molecule has 0 saturated carbocycles. The first-order valence-corrected chi connectivity index (χ1v) is 5.14. The molecule has 15 heavy (non-hydrogen) atoms. The average Bonchev–Trinajstić information content (AvgIpc) is 2.14. The number of hydrazine groups is 1. The van der Waals surface area contributed by atoms with E-state index in [1.807, 2.05) is 6.07 Å². The van der Waals surface area contributed by atoms with Gasteiger partial charge in [-0.05, 0) is 17.9 Å². The summed E-state index contributed by atoms with van der Waals surface area (Å²) in [6.07, 6.45) is 0.796. The molecule has 0 radical (unpaired) electrons. The second-order valence-electron chi connectivity index (χ2n) is 5.01. The molecule has 2 nitrogen and oxygen atoms in total. The summed E-state index contributed by atoms with van der Waals surface area (Å²) in [5.74, 6) is 5.26. The molecule has 0 aliphatic heterocycles. The van der Waals surface area contributed by atoms with E-state index in [4.69, 9.17) is 5.84 Å². The van der Waals surface area contributed by atoms with Crippen LogP contribution in [0.15, 0.2) is 24.3 Å². The van der Waals surface area contributed by atoms with E-state index in [0.717, 1.165) is 6.42 Å². The van der Waals surface area contributed by atoms with E-state index in [9.17, 15) is 4.39 Å². The highest BCUT2D eigenvalue weighted by Crippen LogP contribution is 2.29. The largest absolute Gasteiger partial charge is 0.271 e. The molecule has 0 fully saturated rings. The number of halogens is 1. The lowest BCUT2D eigenvalue weighted by Crippen LogP contribution is -2.31. The van der Waals surface area contributed by atoms with Crippen LogP contribution in [0.5, 0.6) is 0 Å². The zero-order valence-electron chi connectivity index (χ0n) is 9.55. The number of nitrogens with one attached hydrogen (secondary N) is 1. The molecule has 0 aliphatic carbocycles. The molecule has 0 heterocycles. The van der Waals surface area contributed by atoms with Crippen molar-refractivity contribution in [1.82, 2.24) is 5.43 Å². The molecule has 0 amide bonds. The molecule has 1 aromatic carbocycles. The highest BCUT2D eigenvalue weighted by atomic mass is 19.1. The summed E-state index contributed by atoms with van der Waals surface area (Å²) in [6, 6.07) is 6.61. The highest BCUT2D eigenvalue weighted by molar-refractivity contribution is 5.21. The van der Waals surface area contributed by atoms with Gasteiger partial charge < -0.3 is 0 Å². The Morgan fingerprint density at radius 2 is 1.93 bits per heavy atom. The monoisotopic (exact) mass is 210 g/mol. The Hall–Kier alpha value is -0.930. The first kappa shape index (κ1) is 12.1. The fourth-order valence-electron chi connectivity index (χ4n) is 1.63. The third kappa shape index (κ3) is 3.61. The van der Waals surface area contributed by atoms with Crippen molar-refractivity contribution in [3.05, 3.63) is 35.6 Å². The highest BCUT2D eigenvalue weighted by Gasteiger charge is 2.21. The van der Waals surface area contributed by atoms with Gasteiger partial charge in [0.25, 0.3) is 0 Å². The molecule has 0 saturated heterocycles. The molecule has 1 rings (SSSR count). The van der Waals surface area contributed by atoms with Crippen molar-refractivity contribution in [2.24, 2.45) is 11.3 Å². The normalized spacial score (nSPS) is 13.9. The van der Waals surface area contributed by atoms with Crippen LogP contribution < -0.4 is 11.3 Å². The van der Waals surface area contributed by atoms with Crippen molar-refractivity contribution in [2.45, 2.75) is 33.2 Å². The van der Waals surface area contributed by atoms with Gasteiger partial charge in [-0.15, -0.1) is 0 Å². The lowest BCUT2D eigenvalue weighted by Gasteiger charge is -2.25. The summed E-state index contributed by atoms with van der Waals surface area (Å²) in [6.45, 7) is 6.33. The minimum absolute atomic E-state index is 0.110. The molecule has 84 valence electrons. The molecule has 0 aromatic heterocycles. The van der Waals surface area contributed by atoms with Crippen LogP contribution in [0.4, 0.5) is 4.39 Å². The van der Waals surface area contributed by atoms with Crippen molar-refractivity contribution in [2.75, 3.05) is 0 Å². The van der Waals surface area contributed by atoms with Crippen LogP contribution in [-0.4, -0.2) is 0 Å². The first-order valence-electron chi connectivity index (χ1n) is 5.14. The molecule has 1 atom stereocenters. The zero-order chi connectivity index (χ0) is 11.5. The van der Waals surface area contributed by atoms with Crippen molar-refractivity contribution in [3.8, 4) is 0 Å². The van der Waals surface area contributed by atoms with Gasteiger partial charge in [-0.1, -0.05) is 39.0 Å². The predicted molar refractivity (Wildman–Crippen MR) is 60.5 cm³/mol. The standard InChI is InChI=1S/C12H19FN2/c1-12(2,3)8-11(15-14)9-6-4-5-7-10(9)13/h4-7,11,15H,8,14H2,1-3H3. The maximum absolute atomic E-state index is 13.5. The zero-order valence-corrected chi connectivity index (χ0v) is 9.55. The SMILES string of the molecule is CC(C)(C)CC(NN)c1ccccc1F. The average molecular weight is 210 g/mol. The second-order valence-corrected chi connectivity index (χ2v) is 5.01. The summed E-state index contributed by atoms with van der Waals surface area (Å²) in [4.78, 5) is 0. The van der Waals surface area contributed by atoms with Crippen molar-refractivity contribution in [3.63, 3.8) is 0 Å². The number of benzene rings is 1. The molecule has 0 aliphatic rings. The lowest BCUT2D eigenvalue weighted by atomic mass is 9.85. The number of hydrogen-bond donors (Lipinski definition) is 2. The fourth-order valence-corrected chi connectivity index (χ4v) is 1.63. The third-order valence-corrected chi connectivity index (χ3v) is 2.30. The summed E-state index contributed by atoms with van der Waals surface area (Å²) in [7, 11) is 0. The molecule has 3 N–H and O–H groups in total. The summed E-state index contributed by atoms with van der Waals surface area (Å²) in [5, 5.41) is 0. The summed E-state index contributed by atoms with van der Waals surface area (Å²) >= 11 is 0. The van der Waals surface area contributed by atoms with Crippen LogP contribution in [0.3, 0.4) is 0 Å². The third-order valence-electron chi connectivity index (χ3n) is 2.30. The molecule has 1 aromatic rings. The Kier molecular flexibility index (Phi) is 3.83. The Bertz CT molecular complexity index is 318. The van der Waals surface area contributed by atoms with Crippen molar-refractivity contribution < 1.29 is 4.39 Å². The van der Waals surface area contributed by atoms with Gasteiger partial charge in [0.15, 0.2) is 0 Å². The Morgan fingerprint density at radius 3 is 2.40 bits per heavy atom. The van der Waals surface area contributed by atoms with E-state index in [1.54, 1.807) is 12.1 Å². The van der Waals surface area contributed by atoms with Crippen LogP contribution in [0, 0.1) is 11.2 Å². The van der Waals surface area contributed by atoms with E-state index in [-0.39, 0.29) is 17.3 Å². The van der Waals surface area contributed by atoms with Crippen LogP contribution in [-0.2, 0) is 0 Å².